The molecule has 6 nitrogen and oxygen atoms in total. The molecule has 0 spiro atoms. The van der Waals surface area contributed by atoms with Gasteiger partial charge in [-0.15, -0.1) is 0 Å². The first-order chi connectivity index (χ1) is 20.3. The van der Waals surface area contributed by atoms with Crippen molar-refractivity contribution in [3.63, 3.8) is 0 Å². The van der Waals surface area contributed by atoms with Crippen LogP contribution in [0, 0.1) is 10.8 Å². The van der Waals surface area contributed by atoms with Gasteiger partial charge < -0.3 is 0 Å². The van der Waals surface area contributed by atoms with Gasteiger partial charge in [-0.3, -0.25) is 0 Å². The van der Waals surface area contributed by atoms with E-state index in [1.807, 2.05) is 4.72 Å². The molecule has 2 rings (SSSR count). The molecule has 1 aromatic carbocycles. The van der Waals surface area contributed by atoms with Crippen LogP contribution in [-0.4, -0.2) is 60.0 Å². The fourth-order valence-corrected chi connectivity index (χ4v) is 11.6. The molecule has 1 fully saturated rings. The van der Waals surface area contributed by atoms with Crippen LogP contribution >= 0.6 is 7.14 Å². The lowest BCUT2D eigenvalue weighted by Crippen LogP contribution is -2.53. The zero-order chi connectivity index (χ0) is 35.9. The van der Waals surface area contributed by atoms with Gasteiger partial charge in [-0.1, -0.05) is 48.0 Å². The van der Waals surface area contributed by atoms with Crippen molar-refractivity contribution in [2.24, 2.45) is 10.8 Å². The Hall–Kier alpha value is -1.10. The van der Waals surface area contributed by atoms with E-state index in [9.17, 15) is 56.3 Å². The molecule has 1 aliphatic rings. The summed E-state index contributed by atoms with van der Waals surface area (Å²) in [7, 11) is -13.9. The number of nitrogens with one attached hydrogen (secondary N) is 2. The van der Waals surface area contributed by atoms with Gasteiger partial charge in [0.25, 0.3) is 0 Å². The normalized spacial score (nSPS) is 19.5. The second-order valence-electron chi connectivity index (χ2n) is 13.5. The van der Waals surface area contributed by atoms with E-state index in [2.05, 4.69) is 4.72 Å². The number of benzene rings is 1. The van der Waals surface area contributed by atoms with E-state index in [1.54, 1.807) is 41.5 Å². The molecule has 0 saturated heterocycles. The van der Waals surface area contributed by atoms with Crippen LogP contribution in [0.15, 0.2) is 23.1 Å². The third-order valence-corrected chi connectivity index (χ3v) is 13.7. The van der Waals surface area contributed by atoms with E-state index >= 15 is 0 Å². The molecule has 2 N–H and O–H groups in total. The number of alkyl halides is 9. The minimum absolute atomic E-state index is 0.0150. The highest BCUT2D eigenvalue weighted by atomic mass is 32.2. The molecule has 3 atom stereocenters. The summed E-state index contributed by atoms with van der Waals surface area (Å²) in [4.78, 5) is -1.22. The van der Waals surface area contributed by atoms with E-state index < -0.39 is 91.6 Å². The topological polar surface area (TPSA) is 92.3 Å². The predicted molar refractivity (Wildman–Crippen MR) is 165 cm³/mol. The molecule has 1 saturated carbocycles. The van der Waals surface area contributed by atoms with Crippen LogP contribution in [0.25, 0.3) is 0 Å². The molecule has 1 unspecified atom stereocenters. The van der Waals surface area contributed by atoms with Crippen molar-refractivity contribution in [3.05, 3.63) is 29.3 Å². The molecule has 0 radical (unpaired) electrons. The van der Waals surface area contributed by atoms with E-state index in [0.717, 1.165) is 19.3 Å². The lowest BCUT2D eigenvalue weighted by molar-refractivity contribution is -0.143. The van der Waals surface area contributed by atoms with E-state index in [4.69, 9.17) is 0 Å². The Morgan fingerprint density at radius 1 is 0.717 bits per heavy atom. The van der Waals surface area contributed by atoms with Gasteiger partial charge in [0.1, 0.15) is 7.57 Å². The fourth-order valence-electron chi connectivity index (χ4n) is 4.85. The molecule has 0 aliphatic heterocycles. The highest BCUT2D eigenvalue weighted by Gasteiger charge is 2.51. The Morgan fingerprint density at radius 3 is 1.46 bits per heavy atom. The van der Waals surface area contributed by atoms with Crippen molar-refractivity contribution >= 4 is 34.8 Å². The number of rotatable bonds is 10. The highest BCUT2D eigenvalue weighted by molar-refractivity contribution is 7.98. The first-order valence-corrected chi connectivity index (χ1v) is 18.8. The average Bonchev–Trinajstić information content (AvgIpc) is 2.85. The van der Waals surface area contributed by atoms with Crippen molar-refractivity contribution < 1.29 is 56.3 Å². The summed E-state index contributed by atoms with van der Waals surface area (Å²) in [6.07, 6.45) is -6.38. The standard InChI is InChI=1S/C27H43BF9N2O4PS2/c1-23(2,3)21(38-45(40,41)20-13-17(25(29,30)31)12-18(14-20)26(32,33)34)15-44(28,19-10-8-7-9-11-19)16-22(24(4,5)6)39-46(42,43)27(35,36)37/h12-14,19,21-22,38-39H,7-11,15-16H2,1-6,28H3/t21-,22-,44?/m1/s1. The van der Waals surface area contributed by atoms with Crippen LogP contribution in [0.1, 0.15) is 84.8 Å². The Balaban J connectivity index is 2.66. The average molecular weight is 737 g/mol. The first kappa shape index (κ1) is 41.1. The largest absolute Gasteiger partial charge is 0.511 e. The lowest BCUT2D eigenvalue weighted by Gasteiger charge is -2.47. The predicted octanol–water partition coefficient (Wildman–Crippen LogP) is 6.90. The quantitative estimate of drug-likeness (QED) is 0.155. The molecule has 19 heteroatoms. The minimum atomic E-state index is -5.74. The second kappa shape index (κ2) is 13.7. The summed E-state index contributed by atoms with van der Waals surface area (Å²) in [6, 6.07) is -2.10. The number of hydrogen-bond acceptors (Lipinski definition) is 4. The molecule has 0 bridgehead atoms. The van der Waals surface area contributed by atoms with Crippen molar-refractivity contribution in [3.8, 4) is 0 Å². The van der Waals surface area contributed by atoms with Crippen molar-refractivity contribution in [1.29, 1.82) is 0 Å². The van der Waals surface area contributed by atoms with Gasteiger partial charge in [-0.05, 0) is 54.7 Å². The van der Waals surface area contributed by atoms with Gasteiger partial charge in [-0.2, -0.15) is 46.7 Å². The van der Waals surface area contributed by atoms with Crippen LogP contribution in [0.3, 0.4) is 0 Å². The number of hydrogen-bond donors (Lipinski definition) is 2. The highest BCUT2D eigenvalue weighted by Crippen LogP contribution is 2.65. The summed E-state index contributed by atoms with van der Waals surface area (Å²) in [5, 5.41) is 0. The van der Waals surface area contributed by atoms with Crippen LogP contribution in [0.5, 0.6) is 0 Å². The SMILES string of the molecule is [BH3-][P+](C[C@@H](NS(=O)(=O)c1cc(C(F)(F)F)cc(C(F)(F)F)c1)C(C)(C)C)(C[C@@H](NS(=O)(=O)C(F)(F)F)C(C)(C)C)C1CCCCC1. The monoisotopic (exact) mass is 736 g/mol. The smallest absolute Gasteiger partial charge is 0.207 e. The zero-order valence-corrected chi connectivity index (χ0v) is 28.2. The number of halogens is 9. The molecule has 46 heavy (non-hydrogen) atoms. The Kier molecular flexibility index (Phi) is 12.2. The Bertz CT molecular complexity index is 1400. The molecule has 268 valence electrons. The lowest BCUT2D eigenvalue weighted by atomic mass is 9.88. The molecule has 1 aromatic rings. The molecule has 0 amide bonds. The maximum atomic E-state index is 13.6. The van der Waals surface area contributed by atoms with Crippen molar-refractivity contribution in [1.82, 2.24) is 9.44 Å². The van der Waals surface area contributed by atoms with Crippen LogP contribution in [0.4, 0.5) is 39.5 Å². The summed E-state index contributed by atoms with van der Waals surface area (Å²) < 4.78 is 177. The van der Waals surface area contributed by atoms with E-state index in [0.29, 0.717) is 12.8 Å². The van der Waals surface area contributed by atoms with Crippen molar-refractivity contribution in [2.75, 3.05) is 12.3 Å². The molecule has 1 aliphatic carbocycles. The third-order valence-electron chi connectivity index (χ3n) is 7.79. The van der Waals surface area contributed by atoms with Gasteiger partial charge >= 0.3 is 27.9 Å². The van der Waals surface area contributed by atoms with Crippen LogP contribution < -0.4 is 9.44 Å². The minimum Gasteiger partial charge on any atom is -0.207 e. The summed E-state index contributed by atoms with van der Waals surface area (Å²) >= 11 is 0. The third kappa shape index (κ3) is 10.7. The van der Waals surface area contributed by atoms with Gasteiger partial charge in [0, 0.05) is 18.0 Å². The van der Waals surface area contributed by atoms with Crippen LogP contribution in [-0.2, 0) is 32.4 Å². The van der Waals surface area contributed by atoms with Gasteiger partial charge in [0.05, 0.1) is 28.1 Å². The summed E-state index contributed by atoms with van der Waals surface area (Å²) in [6.45, 7) is 9.72. The van der Waals surface area contributed by atoms with Crippen LogP contribution in [0.2, 0.25) is 0 Å². The summed E-state index contributed by atoms with van der Waals surface area (Å²) in [5.41, 5.74) is -11.0. The zero-order valence-electron chi connectivity index (χ0n) is 25.7. The van der Waals surface area contributed by atoms with Gasteiger partial charge in [0.15, 0.2) is 0 Å². The number of sulfonamides is 2. The Labute approximate surface area is 266 Å². The maximum absolute atomic E-state index is 13.6. The molecule has 0 heterocycles. The van der Waals surface area contributed by atoms with Crippen molar-refractivity contribution in [2.45, 2.75) is 114 Å². The van der Waals surface area contributed by atoms with Gasteiger partial charge in [-0.25, -0.2) is 26.3 Å². The fraction of sp³-hybridized carbons (Fsp3) is 0.778. The molecule has 0 aromatic heterocycles. The maximum Gasteiger partial charge on any atom is 0.511 e. The van der Waals surface area contributed by atoms with E-state index in [1.165, 1.54) is 0 Å². The molecular weight excluding hydrogens is 693 g/mol. The second-order valence-corrected chi connectivity index (χ2v) is 19.6. The van der Waals surface area contributed by atoms with E-state index in [-0.39, 0.29) is 36.2 Å². The Morgan fingerprint density at radius 2 is 1.11 bits per heavy atom. The first-order valence-electron chi connectivity index (χ1n) is 14.1. The van der Waals surface area contributed by atoms with Gasteiger partial charge in [0.2, 0.25) is 10.0 Å². The molecular formula is C27H43BF9N2O4PS2. The summed E-state index contributed by atoms with van der Waals surface area (Å²) in [5.74, 6) is 0.